The Morgan fingerprint density at radius 3 is 2.65 bits per heavy atom. The molecule has 3 rings (SSSR count). The van der Waals surface area contributed by atoms with Gasteiger partial charge in [-0.2, -0.15) is 0 Å². The van der Waals surface area contributed by atoms with Gasteiger partial charge in [0.1, 0.15) is 12.7 Å². The minimum Gasteiger partial charge on any atom is -0.476 e. The molecule has 3 nitrogen and oxygen atoms in total. The number of rotatable bonds is 2. The quantitative estimate of drug-likeness (QED) is 0.735. The van der Waals surface area contributed by atoms with Gasteiger partial charge in [-0.3, -0.25) is 0 Å². The average molecular weight is 232 g/mol. The molecule has 17 heavy (non-hydrogen) atoms. The van der Waals surface area contributed by atoms with Crippen LogP contribution in [0.2, 0.25) is 0 Å². The summed E-state index contributed by atoms with van der Waals surface area (Å²) in [4.78, 5) is 4.43. The van der Waals surface area contributed by atoms with Crippen LogP contribution in [0, 0.1) is 6.92 Å². The van der Waals surface area contributed by atoms with E-state index >= 15 is 0 Å². The van der Waals surface area contributed by atoms with Crippen molar-refractivity contribution in [1.29, 1.82) is 0 Å². The number of epoxide rings is 1. The number of nitrogens with zero attached hydrogens (tertiary/aromatic N) is 1. The van der Waals surface area contributed by atoms with Gasteiger partial charge in [0.15, 0.2) is 6.08 Å². The highest BCUT2D eigenvalue weighted by molar-refractivity contribution is 5.85. The first-order valence-corrected chi connectivity index (χ1v) is 5.88. The van der Waals surface area contributed by atoms with E-state index in [4.69, 9.17) is 10.8 Å². The average Bonchev–Trinajstić information content (AvgIpc) is 2.85. The van der Waals surface area contributed by atoms with Crippen molar-refractivity contribution in [2.45, 2.75) is 38.5 Å². The summed E-state index contributed by atoms with van der Waals surface area (Å²) in [5.74, 6) is 0.415. The number of ether oxygens (including phenoxy) is 2. The first-order chi connectivity index (χ1) is 8.41. The Morgan fingerprint density at radius 1 is 1.35 bits per heavy atom. The number of hydrogen-bond acceptors (Lipinski definition) is 3. The standard InChI is InChI=1S/C14H17NO2/c1-9-4-6-10(7-5-9)11-12(17-11)13-15-14(2,3)8-16-13/h4-7,11-12H,8H2,1-3H3/t11-,12-/m0/s1/i12D. The molecule has 0 aliphatic carbocycles. The lowest BCUT2D eigenvalue weighted by molar-refractivity contribution is 0.266. The summed E-state index contributed by atoms with van der Waals surface area (Å²) >= 11 is 0. The Hall–Kier alpha value is -1.35. The van der Waals surface area contributed by atoms with Crippen molar-refractivity contribution < 1.29 is 10.8 Å². The molecule has 0 unspecified atom stereocenters. The Bertz CT molecular complexity index is 509. The molecule has 0 N–H and O–H groups in total. The highest BCUT2D eigenvalue weighted by atomic mass is 16.6. The molecule has 2 aliphatic rings. The van der Waals surface area contributed by atoms with E-state index in [-0.39, 0.29) is 11.6 Å². The zero-order valence-electron chi connectivity index (χ0n) is 11.4. The fourth-order valence-corrected chi connectivity index (χ4v) is 1.93. The van der Waals surface area contributed by atoms with Crippen LogP contribution in [0.5, 0.6) is 0 Å². The fraction of sp³-hybridized carbons (Fsp3) is 0.500. The van der Waals surface area contributed by atoms with E-state index in [1.165, 1.54) is 5.56 Å². The third kappa shape index (κ3) is 2.07. The first-order valence-electron chi connectivity index (χ1n) is 6.38. The van der Waals surface area contributed by atoms with Crippen LogP contribution in [0.15, 0.2) is 29.3 Å². The molecule has 1 fully saturated rings. The van der Waals surface area contributed by atoms with E-state index in [1.54, 1.807) is 0 Å². The summed E-state index contributed by atoms with van der Waals surface area (Å²) in [5, 5.41) is 0. The molecule has 0 saturated carbocycles. The maximum atomic E-state index is 8.29. The highest BCUT2D eigenvalue weighted by Gasteiger charge is 2.48. The van der Waals surface area contributed by atoms with E-state index in [1.807, 2.05) is 45.0 Å². The van der Waals surface area contributed by atoms with Gasteiger partial charge in [0, 0.05) is 0 Å². The number of hydrogen-bond donors (Lipinski definition) is 0. The molecule has 3 heteroatoms. The van der Waals surface area contributed by atoms with Gasteiger partial charge >= 0.3 is 0 Å². The summed E-state index contributed by atoms with van der Waals surface area (Å²) in [6.07, 6.45) is -1.38. The normalized spacial score (nSPS) is 34.9. The summed E-state index contributed by atoms with van der Waals surface area (Å²) in [6.45, 7) is 6.55. The molecule has 1 aromatic rings. The molecule has 90 valence electrons. The predicted octanol–water partition coefficient (Wildman–Crippen LogP) is 2.64. The second-order valence-electron chi connectivity index (χ2n) is 5.29. The van der Waals surface area contributed by atoms with Gasteiger partial charge in [0.05, 0.1) is 6.91 Å². The monoisotopic (exact) mass is 232 g/mol. The number of benzene rings is 1. The Labute approximate surface area is 103 Å². The van der Waals surface area contributed by atoms with Crippen molar-refractivity contribution in [3.8, 4) is 0 Å². The van der Waals surface area contributed by atoms with Crippen molar-refractivity contribution in [2.75, 3.05) is 6.61 Å². The number of aryl methyl sites for hydroxylation is 1. The van der Waals surface area contributed by atoms with Crippen LogP contribution >= 0.6 is 0 Å². The summed E-state index contributed by atoms with van der Waals surface area (Å²) in [5.41, 5.74) is 1.96. The van der Waals surface area contributed by atoms with Gasteiger partial charge in [0.25, 0.3) is 0 Å². The molecule has 2 aliphatic heterocycles. The van der Waals surface area contributed by atoms with Gasteiger partial charge in [-0.1, -0.05) is 29.8 Å². The second kappa shape index (κ2) is 3.57. The lowest BCUT2D eigenvalue weighted by Crippen LogP contribution is -2.17. The molecular weight excluding hydrogens is 214 g/mol. The highest BCUT2D eigenvalue weighted by Crippen LogP contribution is 2.41. The smallest absolute Gasteiger partial charge is 0.217 e. The van der Waals surface area contributed by atoms with E-state index in [0.29, 0.717) is 12.5 Å². The Morgan fingerprint density at radius 2 is 2.06 bits per heavy atom. The Kier molecular flexibility index (Phi) is 2.03. The fourth-order valence-electron chi connectivity index (χ4n) is 1.93. The lowest BCUT2D eigenvalue weighted by Gasteiger charge is -2.07. The van der Waals surface area contributed by atoms with Crippen molar-refractivity contribution in [1.82, 2.24) is 0 Å². The van der Waals surface area contributed by atoms with E-state index < -0.39 is 6.08 Å². The Balaban J connectivity index is 1.82. The van der Waals surface area contributed by atoms with Crippen LogP contribution in [0.25, 0.3) is 0 Å². The van der Waals surface area contributed by atoms with Crippen LogP contribution < -0.4 is 0 Å². The van der Waals surface area contributed by atoms with Crippen LogP contribution in [0.1, 0.15) is 32.4 Å². The van der Waals surface area contributed by atoms with Crippen molar-refractivity contribution in [2.24, 2.45) is 4.99 Å². The van der Waals surface area contributed by atoms with Crippen LogP contribution in [-0.2, 0) is 9.47 Å². The predicted molar refractivity (Wildman–Crippen MR) is 66.3 cm³/mol. The minimum atomic E-state index is -1.12. The molecule has 0 spiro atoms. The molecule has 2 atom stereocenters. The molecule has 0 bridgehead atoms. The molecule has 0 radical (unpaired) electrons. The van der Waals surface area contributed by atoms with Gasteiger partial charge in [-0.05, 0) is 26.3 Å². The molecule has 0 aromatic heterocycles. The first kappa shape index (κ1) is 9.66. The molecular formula is C14H17NO2. The topological polar surface area (TPSA) is 34.1 Å². The number of aliphatic imine (C=N–C) groups is 1. The van der Waals surface area contributed by atoms with Gasteiger partial charge < -0.3 is 9.47 Å². The van der Waals surface area contributed by atoms with E-state index in [2.05, 4.69) is 4.99 Å². The maximum Gasteiger partial charge on any atom is 0.217 e. The largest absolute Gasteiger partial charge is 0.476 e. The molecule has 0 amide bonds. The molecule has 1 aromatic carbocycles. The minimum absolute atomic E-state index is 0.243. The van der Waals surface area contributed by atoms with Gasteiger partial charge in [-0.25, -0.2) is 4.99 Å². The molecule has 2 heterocycles. The third-order valence-electron chi connectivity index (χ3n) is 2.98. The van der Waals surface area contributed by atoms with Crippen LogP contribution in [0.3, 0.4) is 0 Å². The van der Waals surface area contributed by atoms with Crippen molar-refractivity contribution >= 4 is 5.90 Å². The second-order valence-corrected chi connectivity index (χ2v) is 5.29. The summed E-state index contributed by atoms with van der Waals surface area (Å²) in [7, 11) is 0. The third-order valence-corrected chi connectivity index (χ3v) is 2.98. The summed E-state index contributed by atoms with van der Waals surface area (Å²) < 4.78 is 19.3. The van der Waals surface area contributed by atoms with Crippen molar-refractivity contribution in [3.63, 3.8) is 0 Å². The SMILES string of the molecule is [2H][C@]1(C2=NC(C)(C)CO2)O[C@H]1c1ccc(C)cc1. The van der Waals surface area contributed by atoms with E-state index in [0.717, 1.165) is 5.56 Å². The zero-order valence-corrected chi connectivity index (χ0v) is 10.4. The van der Waals surface area contributed by atoms with E-state index in [9.17, 15) is 0 Å². The lowest BCUT2D eigenvalue weighted by atomic mass is 10.1. The molecule has 1 saturated heterocycles. The zero-order chi connectivity index (χ0) is 13.0. The van der Waals surface area contributed by atoms with Crippen LogP contribution in [0.4, 0.5) is 0 Å². The van der Waals surface area contributed by atoms with Gasteiger partial charge in [0.2, 0.25) is 5.90 Å². The van der Waals surface area contributed by atoms with Gasteiger partial charge in [-0.15, -0.1) is 0 Å². The van der Waals surface area contributed by atoms with Crippen LogP contribution in [-0.4, -0.2) is 24.1 Å². The maximum absolute atomic E-state index is 8.29. The van der Waals surface area contributed by atoms with Crippen molar-refractivity contribution in [3.05, 3.63) is 35.4 Å². The summed E-state index contributed by atoms with van der Waals surface area (Å²) in [6, 6.07) is 8.05.